The summed E-state index contributed by atoms with van der Waals surface area (Å²) in [5, 5.41) is 8.11. The number of hydrogen-bond acceptors (Lipinski definition) is 3. The predicted molar refractivity (Wildman–Crippen MR) is 184 cm³/mol. The van der Waals surface area contributed by atoms with Crippen molar-refractivity contribution in [3.05, 3.63) is 152 Å². The second kappa shape index (κ2) is 9.82. The van der Waals surface area contributed by atoms with E-state index in [1.165, 1.54) is 32.7 Å². The van der Waals surface area contributed by atoms with Gasteiger partial charge >= 0.3 is 0 Å². The molecule has 0 radical (unpaired) electrons. The van der Waals surface area contributed by atoms with Crippen LogP contribution in [0.15, 0.2) is 152 Å². The Morgan fingerprint density at radius 2 is 0.932 bits per heavy atom. The van der Waals surface area contributed by atoms with Gasteiger partial charge in [-0.2, -0.15) is 0 Å². The topological polar surface area (TPSA) is 38.7 Å². The summed E-state index contributed by atoms with van der Waals surface area (Å²) in [4.78, 5) is 15.0. The molecule has 9 aromatic rings. The van der Waals surface area contributed by atoms with E-state index >= 15 is 0 Å². The number of benzene rings is 6. The van der Waals surface area contributed by atoms with Crippen molar-refractivity contribution in [1.29, 1.82) is 0 Å². The molecule has 9 rings (SSSR count). The Labute approximate surface area is 254 Å². The Morgan fingerprint density at radius 1 is 0.341 bits per heavy atom. The first-order chi connectivity index (χ1) is 21.8. The Balaban J connectivity index is 1.15. The minimum absolute atomic E-state index is 0.932. The van der Waals surface area contributed by atoms with Crippen LogP contribution < -0.4 is 0 Å². The standard InChI is InChI=1S/C41H25N3/c1-2-7-26(8-3-1)38-35-11-5-4-9-31(35)25-34-19-21-36(43-39(34)38)32-16-14-30-24-33(17-15-29(30)23-32)37-20-18-28-13-12-27-10-6-22-42-40(27)41(28)44-37/h1-25H. The highest BCUT2D eigenvalue weighted by molar-refractivity contribution is 6.11. The fraction of sp³-hybridized carbons (Fsp3) is 0. The van der Waals surface area contributed by atoms with E-state index in [0.29, 0.717) is 0 Å². The number of fused-ring (bicyclic) bond motifs is 6. The summed E-state index contributed by atoms with van der Waals surface area (Å²) in [6, 6.07) is 51.4. The minimum Gasteiger partial charge on any atom is -0.254 e. The number of pyridine rings is 3. The van der Waals surface area contributed by atoms with E-state index in [-0.39, 0.29) is 0 Å². The summed E-state index contributed by atoms with van der Waals surface area (Å²) < 4.78 is 0. The van der Waals surface area contributed by atoms with Crippen molar-refractivity contribution in [3.63, 3.8) is 0 Å². The molecular weight excluding hydrogens is 534 g/mol. The largest absolute Gasteiger partial charge is 0.254 e. The van der Waals surface area contributed by atoms with Crippen LogP contribution in [-0.2, 0) is 0 Å². The molecule has 0 unspecified atom stereocenters. The third-order valence-electron chi connectivity index (χ3n) is 8.63. The maximum atomic E-state index is 5.28. The lowest BCUT2D eigenvalue weighted by atomic mass is 9.94. The molecule has 0 spiro atoms. The zero-order valence-electron chi connectivity index (χ0n) is 23.8. The highest BCUT2D eigenvalue weighted by Crippen LogP contribution is 2.37. The minimum atomic E-state index is 0.932. The third-order valence-corrected chi connectivity index (χ3v) is 8.63. The SMILES string of the molecule is c1ccc(-c2c3ccccc3cc3ccc(-c4ccc5cc(-c6ccc7ccc8cccnc8c7n6)ccc5c4)nc23)cc1. The van der Waals surface area contributed by atoms with Crippen LogP contribution in [0.5, 0.6) is 0 Å². The zero-order valence-corrected chi connectivity index (χ0v) is 23.8. The van der Waals surface area contributed by atoms with Gasteiger partial charge in [0.05, 0.1) is 27.9 Å². The molecule has 0 N–H and O–H groups in total. The maximum Gasteiger partial charge on any atom is 0.0972 e. The van der Waals surface area contributed by atoms with Gasteiger partial charge in [-0.1, -0.05) is 109 Å². The molecule has 204 valence electrons. The van der Waals surface area contributed by atoms with Gasteiger partial charge in [-0.15, -0.1) is 0 Å². The lowest BCUT2D eigenvalue weighted by Crippen LogP contribution is -1.91. The van der Waals surface area contributed by atoms with Crippen molar-refractivity contribution >= 4 is 54.3 Å². The Kier molecular flexibility index (Phi) is 5.50. The lowest BCUT2D eigenvalue weighted by molar-refractivity contribution is 1.37. The fourth-order valence-electron chi connectivity index (χ4n) is 6.44. The molecule has 0 aliphatic carbocycles. The zero-order chi connectivity index (χ0) is 29.0. The third kappa shape index (κ3) is 4.02. The van der Waals surface area contributed by atoms with Crippen LogP contribution in [0.4, 0.5) is 0 Å². The van der Waals surface area contributed by atoms with E-state index < -0.39 is 0 Å². The van der Waals surface area contributed by atoms with E-state index in [9.17, 15) is 0 Å². The first-order valence-electron chi connectivity index (χ1n) is 14.9. The van der Waals surface area contributed by atoms with Crippen molar-refractivity contribution in [2.24, 2.45) is 0 Å². The first kappa shape index (κ1) is 24.6. The van der Waals surface area contributed by atoms with E-state index in [2.05, 4.69) is 145 Å². The van der Waals surface area contributed by atoms with Gasteiger partial charge in [0.2, 0.25) is 0 Å². The number of aromatic nitrogens is 3. The summed E-state index contributed by atoms with van der Waals surface area (Å²) >= 11 is 0. The number of rotatable bonds is 3. The van der Waals surface area contributed by atoms with Gasteiger partial charge in [0, 0.05) is 39.0 Å². The van der Waals surface area contributed by atoms with Crippen molar-refractivity contribution in [2.45, 2.75) is 0 Å². The monoisotopic (exact) mass is 559 g/mol. The molecule has 0 atom stereocenters. The molecule has 3 aromatic heterocycles. The second-order valence-corrected chi connectivity index (χ2v) is 11.3. The van der Waals surface area contributed by atoms with E-state index in [1.54, 1.807) is 0 Å². The van der Waals surface area contributed by atoms with Crippen molar-refractivity contribution in [2.75, 3.05) is 0 Å². The molecule has 3 heteroatoms. The van der Waals surface area contributed by atoms with Gasteiger partial charge in [0.25, 0.3) is 0 Å². The van der Waals surface area contributed by atoms with Crippen LogP contribution in [0, 0.1) is 0 Å². The number of hydrogen-bond donors (Lipinski definition) is 0. The summed E-state index contributed by atoms with van der Waals surface area (Å²) in [7, 11) is 0. The molecule has 0 amide bonds. The highest BCUT2D eigenvalue weighted by atomic mass is 14.8. The molecule has 0 saturated carbocycles. The van der Waals surface area contributed by atoms with Gasteiger partial charge in [-0.25, -0.2) is 9.97 Å². The molecular formula is C41H25N3. The smallest absolute Gasteiger partial charge is 0.0972 e. The van der Waals surface area contributed by atoms with E-state index in [4.69, 9.17) is 9.97 Å². The molecule has 0 saturated heterocycles. The van der Waals surface area contributed by atoms with E-state index in [1.807, 2.05) is 12.3 Å². The van der Waals surface area contributed by atoms with Crippen LogP contribution in [0.25, 0.3) is 87.9 Å². The highest BCUT2D eigenvalue weighted by Gasteiger charge is 2.13. The molecule has 3 nitrogen and oxygen atoms in total. The van der Waals surface area contributed by atoms with Crippen LogP contribution in [-0.4, -0.2) is 15.0 Å². The van der Waals surface area contributed by atoms with E-state index in [0.717, 1.165) is 55.2 Å². The Hall–Kier alpha value is -5.93. The number of nitrogens with zero attached hydrogens (tertiary/aromatic N) is 3. The Morgan fingerprint density at radius 3 is 1.70 bits per heavy atom. The normalized spacial score (nSPS) is 11.6. The van der Waals surface area contributed by atoms with Gasteiger partial charge in [0.15, 0.2) is 0 Å². The summed E-state index contributed by atoms with van der Waals surface area (Å²) in [5.74, 6) is 0. The van der Waals surface area contributed by atoms with Gasteiger partial charge in [-0.05, 0) is 63.5 Å². The van der Waals surface area contributed by atoms with Crippen molar-refractivity contribution in [3.8, 4) is 33.6 Å². The molecule has 0 bridgehead atoms. The van der Waals surface area contributed by atoms with Gasteiger partial charge in [0.1, 0.15) is 0 Å². The summed E-state index contributed by atoms with van der Waals surface area (Å²) in [5.41, 5.74) is 9.33. The average Bonchev–Trinajstić information content (AvgIpc) is 3.10. The molecule has 0 aliphatic rings. The fourth-order valence-corrected chi connectivity index (χ4v) is 6.44. The molecule has 0 aliphatic heterocycles. The van der Waals surface area contributed by atoms with Crippen LogP contribution >= 0.6 is 0 Å². The van der Waals surface area contributed by atoms with Gasteiger partial charge in [-0.3, -0.25) is 4.98 Å². The Bertz CT molecular complexity index is 2550. The van der Waals surface area contributed by atoms with Gasteiger partial charge < -0.3 is 0 Å². The average molecular weight is 560 g/mol. The maximum absolute atomic E-state index is 5.28. The molecule has 44 heavy (non-hydrogen) atoms. The summed E-state index contributed by atoms with van der Waals surface area (Å²) in [6.07, 6.45) is 1.83. The van der Waals surface area contributed by atoms with Crippen LogP contribution in [0.1, 0.15) is 0 Å². The lowest BCUT2D eigenvalue weighted by Gasteiger charge is -2.13. The van der Waals surface area contributed by atoms with Crippen LogP contribution in [0.2, 0.25) is 0 Å². The predicted octanol–water partition coefficient (Wildman–Crippen LogP) is 10.6. The second-order valence-electron chi connectivity index (χ2n) is 11.3. The van der Waals surface area contributed by atoms with Crippen LogP contribution in [0.3, 0.4) is 0 Å². The summed E-state index contributed by atoms with van der Waals surface area (Å²) in [6.45, 7) is 0. The quantitative estimate of drug-likeness (QED) is 0.160. The van der Waals surface area contributed by atoms with Crippen molar-refractivity contribution < 1.29 is 0 Å². The first-order valence-corrected chi connectivity index (χ1v) is 14.9. The molecule has 6 aromatic carbocycles. The molecule has 0 fully saturated rings. The van der Waals surface area contributed by atoms with Crippen molar-refractivity contribution in [1.82, 2.24) is 15.0 Å². The molecule has 3 heterocycles.